The van der Waals surface area contributed by atoms with Crippen LogP contribution in [0.2, 0.25) is 0 Å². The zero-order valence-electron chi connectivity index (χ0n) is 13.0. The minimum absolute atomic E-state index is 0.418. The first kappa shape index (κ1) is 14.7. The van der Waals surface area contributed by atoms with Gasteiger partial charge in [0, 0.05) is 18.3 Å². The summed E-state index contributed by atoms with van der Waals surface area (Å²) in [4.78, 5) is 0. The highest BCUT2D eigenvalue weighted by Crippen LogP contribution is 2.26. The highest BCUT2D eigenvalue weighted by Gasteiger charge is 2.21. The van der Waals surface area contributed by atoms with Gasteiger partial charge < -0.3 is 14.8 Å². The average Bonchev–Trinajstić information content (AvgIpc) is 3.02. The molecule has 1 N–H and O–H groups in total. The van der Waals surface area contributed by atoms with Crippen molar-refractivity contribution in [3.63, 3.8) is 0 Å². The molecule has 3 heteroatoms. The molecule has 1 saturated heterocycles. The van der Waals surface area contributed by atoms with Gasteiger partial charge in [-0.2, -0.15) is 0 Å². The number of ether oxygens (including phenoxy) is 2. The molecule has 2 aliphatic rings. The van der Waals surface area contributed by atoms with Gasteiger partial charge >= 0.3 is 0 Å². The maximum absolute atomic E-state index is 6.01. The van der Waals surface area contributed by atoms with Crippen LogP contribution < -0.4 is 10.1 Å². The van der Waals surface area contributed by atoms with Gasteiger partial charge in [-0.25, -0.2) is 0 Å². The van der Waals surface area contributed by atoms with Crippen LogP contribution in [0.1, 0.15) is 51.9 Å². The van der Waals surface area contributed by atoms with Crippen LogP contribution in [-0.2, 0) is 4.74 Å². The molecule has 1 aromatic rings. The van der Waals surface area contributed by atoms with E-state index in [4.69, 9.17) is 9.47 Å². The minimum atomic E-state index is 0.418. The Morgan fingerprint density at radius 2 is 1.90 bits per heavy atom. The molecule has 1 aliphatic carbocycles. The molecule has 2 fully saturated rings. The predicted octanol–water partition coefficient (Wildman–Crippen LogP) is 4.38. The van der Waals surface area contributed by atoms with Crippen molar-refractivity contribution < 1.29 is 9.47 Å². The molecule has 0 spiro atoms. The monoisotopic (exact) mass is 289 g/mol. The van der Waals surface area contributed by atoms with Crippen molar-refractivity contribution >= 4 is 5.69 Å². The molecule has 1 heterocycles. The molecule has 0 radical (unpaired) electrons. The van der Waals surface area contributed by atoms with Gasteiger partial charge in [-0.15, -0.1) is 0 Å². The van der Waals surface area contributed by atoms with Gasteiger partial charge in [-0.3, -0.25) is 0 Å². The van der Waals surface area contributed by atoms with E-state index < -0.39 is 0 Å². The van der Waals surface area contributed by atoms with Crippen molar-refractivity contribution in [2.75, 3.05) is 11.9 Å². The number of anilines is 1. The summed E-state index contributed by atoms with van der Waals surface area (Å²) >= 11 is 0. The lowest BCUT2D eigenvalue weighted by Crippen LogP contribution is -2.33. The van der Waals surface area contributed by atoms with Crippen molar-refractivity contribution in [1.82, 2.24) is 0 Å². The molecular weight excluding hydrogens is 262 g/mol. The second-order valence-electron chi connectivity index (χ2n) is 6.32. The van der Waals surface area contributed by atoms with Gasteiger partial charge in [-0.1, -0.05) is 6.92 Å². The highest BCUT2D eigenvalue weighted by molar-refractivity contribution is 5.47. The summed E-state index contributed by atoms with van der Waals surface area (Å²) in [6.45, 7) is 3.07. The van der Waals surface area contributed by atoms with E-state index >= 15 is 0 Å². The largest absolute Gasteiger partial charge is 0.490 e. The summed E-state index contributed by atoms with van der Waals surface area (Å²) in [5.74, 6) is 1.01. The summed E-state index contributed by atoms with van der Waals surface area (Å²) in [6, 6.07) is 9.00. The van der Waals surface area contributed by atoms with Crippen LogP contribution in [0.3, 0.4) is 0 Å². The smallest absolute Gasteiger partial charge is 0.119 e. The van der Waals surface area contributed by atoms with Crippen LogP contribution in [0.4, 0.5) is 5.69 Å². The molecule has 3 nitrogen and oxygen atoms in total. The average molecular weight is 289 g/mol. The van der Waals surface area contributed by atoms with Gasteiger partial charge in [-0.05, 0) is 69.2 Å². The van der Waals surface area contributed by atoms with E-state index in [9.17, 15) is 0 Å². The van der Waals surface area contributed by atoms with Crippen LogP contribution in [-0.4, -0.2) is 24.9 Å². The van der Waals surface area contributed by atoms with E-state index in [0.717, 1.165) is 31.6 Å². The molecule has 1 aromatic carbocycles. The van der Waals surface area contributed by atoms with Gasteiger partial charge in [0.25, 0.3) is 0 Å². The molecule has 21 heavy (non-hydrogen) atoms. The number of hydrogen-bond acceptors (Lipinski definition) is 3. The molecule has 1 saturated carbocycles. The summed E-state index contributed by atoms with van der Waals surface area (Å²) < 4.78 is 11.7. The molecule has 116 valence electrons. The van der Waals surface area contributed by atoms with Crippen molar-refractivity contribution in [2.45, 2.75) is 70.1 Å². The fourth-order valence-corrected chi connectivity index (χ4v) is 3.36. The van der Waals surface area contributed by atoms with Crippen molar-refractivity contribution in [1.29, 1.82) is 0 Å². The molecule has 2 atom stereocenters. The molecule has 0 amide bonds. The Labute approximate surface area is 128 Å². The second-order valence-corrected chi connectivity index (χ2v) is 6.32. The third-order valence-electron chi connectivity index (χ3n) is 4.65. The van der Waals surface area contributed by atoms with Gasteiger partial charge in [0.2, 0.25) is 0 Å². The molecular formula is C18H27NO2. The Morgan fingerprint density at radius 1 is 1.14 bits per heavy atom. The fourth-order valence-electron chi connectivity index (χ4n) is 3.36. The Hall–Kier alpha value is -1.22. The van der Waals surface area contributed by atoms with Gasteiger partial charge in [0.1, 0.15) is 5.75 Å². The lowest BCUT2D eigenvalue weighted by Gasteiger charge is -2.30. The topological polar surface area (TPSA) is 30.5 Å². The summed E-state index contributed by atoms with van der Waals surface area (Å²) in [7, 11) is 0. The maximum atomic E-state index is 6.01. The molecule has 1 aliphatic heterocycles. The van der Waals surface area contributed by atoms with Crippen LogP contribution in [0.15, 0.2) is 24.3 Å². The Morgan fingerprint density at radius 3 is 2.62 bits per heavy atom. The van der Waals surface area contributed by atoms with E-state index in [1.54, 1.807) is 0 Å². The van der Waals surface area contributed by atoms with Gasteiger partial charge in [0.05, 0.1) is 12.2 Å². The maximum Gasteiger partial charge on any atom is 0.119 e. The summed E-state index contributed by atoms with van der Waals surface area (Å²) in [6.07, 6.45) is 9.20. The number of hydrogen-bond donors (Lipinski definition) is 1. The Balaban J connectivity index is 1.51. The second kappa shape index (κ2) is 7.17. The fraction of sp³-hybridized carbons (Fsp3) is 0.667. The Bertz CT molecular complexity index is 425. The molecule has 0 bridgehead atoms. The van der Waals surface area contributed by atoms with E-state index in [2.05, 4.69) is 36.5 Å². The van der Waals surface area contributed by atoms with E-state index in [0.29, 0.717) is 18.2 Å². The summed E-state index contributed by atoms with van der Waals surface area (Å²) in [5, 5.41) is 3.63. The van der Waals surface area contributed by atoms with Crippen LogP contribution in [0.5, 0.6) is 5.75 Å². The third kappa shape index (κ3) is 4.13. The number of benzene rings is 1. The standard InChI is InChI=1S/C18H27NO2/c1-2-16-13-15(11-12-20-16)19-14-7-9-18(10-8-14)21-17-5-3-4-6-17/h7-10,15-17,19H,2-6,11-13H2,1H3. The Kier molecular flexibility index (Phi) is 5.02. The lowest BCUT2D eigenvalue weighted by molar-refractivity contribution is 0.00925. The number of rotatable bonds is 5. The quantitative estimate of drug-likeness (QED) is 0.872. The van der Waals surface area contributed by atoms with Crippen LogP contribution in [0.25, 0.3) is 0 Å². The first-order valence-electron chi connectivity index (χ1n) is 8.48. The predicted molar refractivity (Wildman–Crippen MR) is 86.0 cm³/mol. The molecule has 2 unspecified atom stereocenters. The zero-order chi connectivity index (χ0) is 14.5. The highest BCUT2D eigenvalue weighted by atomic mass is 16.5. The normalized spacial score (nSPS) is 26.7. The SMILES string of the molecule is CCC1CC(Nc2ccc(OC3CCCC3)cc2)CCO1. The lowest BCUT2D eigenvalue weighted by atomic mass is 10.0. The van der Waals surface area contributed by atoms with E-state index in [-0.39, 0.29) is 0 Å². The summed E-state index contributed by atoms with van der Waals surface area (Å²) in [5.41, 5.74) is 1.19. The van der Waals surface area contributed by atoms with Crippen LogP contribution in [0, 0.1) is 0 Å². The molecule has 0 aromatic heterocycles. The van der Waals surface area contributed by atoms with Gasteiger partial charge in [0.15, 0.2) is 0 Å². The van der Waals surface area contributed by atoms with Crippen molar-refractivity contribution in [3.8, 4) is 5.75 Å². The van der Waals surface area contributed by atoms with E-state index in [1.807, 2.05) is 0 Å². The zero-order valence-corrected chi connectivity index (χ0v) is 13.0. The minimum Gasteiger partial charge on any atom is -0.490 e. The van der Waals surface area contributed by atoms with Crippen molar-refractivity contribution in [3.05, 3.63) is 24.3 Å². The van der Waals surface area contributed by atoms with E-state index in [1.165, 1.54) is 31.4 Å². The number of nitrogens with one attached hydrogen (secondary N) is 1. The molecule has 3 rings (SSSR count). The third-order valence-corrected chi connectivity index (χ3v) is 4.65. The first-order chi connectivity index (χ1) is 10.3. The van der Waals surface area contributed by atoms with Crippen LogP contribution >= 0.6 is 0 Å². The first-order valence-corrected chi connectivity index (χ1v) is 8.48. The van der Waals surface area contributed by atoms with Crippen molar-refractivity contribution in [2.24, 2.45) is 0 Å².